The molecule has 4 aromatic rings. The number of nitrogens with one attached hydrogen (secondary N) is 2. The molecule has 0 aliphatic carbocycles. The van der Waals surface area contributed by atoms with Crippen LogP contribution in [0.3, 0.4) is 0 Å². The smallest absolute Gasteiger partial charge is 0.326 e. The molecule has 2 aromatic carbocycles. The minimum absolute atomic E-state index is 0.00906. The van der Waals surface area contributed by atoms with Crippen LogP contribution in [0.4, 0.5) is 0 Å². The van der Waals surface area contributed by atoms with Crippen molar-refractivity contribution < 1.29 is 14.7 Å². The SMILES string of the molecule is O=C(CSc1nnnn1-c1ccccc1)N[C@H](Cc1c[nH]c2ccccc12)C(=O)O. The lowest BCUT2D eigenvalue weighted by Gasteiger charge is -2.14. The number of amides is 1. The number of carboxylic acid groups (broad SMARTS) is 1. The second-order valence-electron chi connectivity index (χ2n) is 6.52. The Morgan fingerprint density at radius 2 is 1.90 bits per heavy atom. The standard InChI is InChI=1S/C20H18N6O3S/c27-18(12-30-20-23-24-25-26(20)14-6-2-1-3-7-14)22-17(19(28)29)10-13-11-21-16-9-5-4-8-15(13)16/h1-9,11,17,21H,10,12H2,(H,22,27)(H,28,29)/t17-/m1/s1. The van der Waals surface area contributed by atoms with Crippen LogP contribution < -0.4 is 5.32 Å². The summed E-state index contributed by atoms with van der Waals surface area (Å²) in [6.45, 7) is 0. The Bertz CT molecular complexity index is 1170. The van der Waals surface area contributed by atoms with E-state index in [-0.39, 0.29) is 12.2 Å². The molecule has 1 atom stereocenters. The Kier molecular flexibility index (Phi) is 5.75. The number of tetrazole rings is 1. The van der Waals surface area contributed by atoms with E-state index in [1.54, 1.807) is 6.20 Å². The predicted molar refractivity (Wildman–Crippen MR) is 111 cm³/mol. The summed E-state index contributed by atoms with van der Waals surface area (Å²) in [6, 6.07) is 15.9. The zero-order chi connectivity index (χ0) is 20.9. The number of carbonyl (C=O) groups is 2. The van der Waals surface area contributed by atoms with Gasteiger partial charge in [0.1, 0.15) is 6.04 Å². The number of rotatable bonds is 8. The topological polar surface area (TPSA) is 126 Å². The molecular weight excluding hydrogens is 404 g/mol. The van der Waals surface area contributed by atoms with Crippen LogP contribution in [0.1, 0.15) is 5.56 Å². The highest BCUT2D eigenvalue weighted by molar-refractivity contribution is 7.99. The van der Waals surface area contributed by atoms with Gasteiger partial charge in [0, 0.05) is 23.5 Å². The van der Waals surface area contributed by atoms with Crippen LogP contribution in [-0.4, -0.2) is 54.0 Å². The van der Waals surface area contributed by atoms with Crippen molar-refractivity contribution in [1.29, 1.82) is 0 Å². The largest absolute Gasteiger partial charge is 0.480 e. The molecule has 0 bridgehead atoms. The fourth-order valence-electron chi connectivity index (χ4n) is 3.09. The molecule has 1 amide bonds. The third-order valence-corrected chi connectivity index (χ3v) is 5.43. The van der Waals surface area contributed by atoms with Crippen molar-refractivity contribution in [3.63, 3.8) is 0 Å². The number of aromatic nitrogens is 5. The van der Waals surface area contributed by atoms with E-state index >= 15 is 0 Å². The van der Waals surface area contributed by atoms with Gasteiger partial charge in [-0.3, -0.25) is 4.79 Å². The number of aromatic amines is 1. The van der Waals surface area contributed by atoms with E-state index in [1.807, 2.05) is 54.6 Å². The molecule has 4 rings (SSSR count). The number of thioether (sulfide) groups is 1. The van der Waals surface area contributed by atoms with Gasteiger partial charge in [0.15, 0.2) is 0 Å². The Hall–Kier alpha value is -3.66. The summed E-state index contributed by atoms with van der Waals surface area (Å²) >= 11 is 1.14. The molecule has 0 spiro atoms. The summed E-state index contributed by atoms with van der Waals surface area (Å²) in [4.78, 5) is 27.2. The second kappa shape index (κ2) is 8.78. The van der Waals surface area contributed by atoms with E-state index in [2.05, 4.69) is 25.8 Å². The highest BCUT2D eigenvalue weighted by Gasteiger charge is 2.22. The van der Waals surface area contributed by atoms with E-state index in [4.69, 9.17) is 0 Å². The molecule has 9 nitrogen and oxygen atoms in total. The van der Waals surface area contributed by atoms with Crippen molar-refractivity contribution in [2.75, 3.05) is 5.75 Å². The van der Waals surface area contributed by atoms with Crippen LogP contribution in [0.15, 0.2) is 66.0 Å². The van der Waals surface area contributed by atoms with Gasteiger partial charge in [-0.1, -0.05) is 48.2 Å². The molecular formula is C20H18N6O3S. The number of para-hydroxylation sites is 2. The van der Waals surface area contributed by atoms with Crippen LogP contribution >= 0.6 is 11.8 Å². The van der Waals surface area contributed by atoms with Gasteiger partial charge in [-0.05, 0) is 34.2 Å². The van der Waals surface area contributed by atoms with Crippen molar-refractivity contribution in [3.05, 3.63) is 66.4 Å². The zero-order valence-electron chi connectivity index (χ0n) is 15.7. The van der Waals surface area contributed by atoms with Crippen LogP contribution in [0.5, 0.6) is 0 Å². The molecule has 3 N–H and O–H groups in total. The lowest BCUT2D eigenvalue weighted by Crippen LogP contribution is -2.43. The fourth-order valence-corrected chi connectivity index (χ4v) is 3.79. The number of benzene rings is 2. The number of fused-ring (bicyclic) bond motifs is 1. The molecule has 0 saturated carbocycles. The maximum atomic E-state index is 12.4. The Morgan fingerprint density at radius 3 is 2.70 bits per heavy atom. The van der Waals surface area contributed by atoms with Crippen molar-refractivity contribution in [1.82, 2.24) is 30.5 Å². The maximum Gasteiger partial charge on any atom is 0.326 e. The Labute approximate surface area is 175 Å². The number of nitrogens with zero attached hydrogens (tertiary/aromatic N) is 4. The molecule has 0 radical (unpaired) electrons. The van der Waals surface area contributed by atoms with Crippen LogP contribution in [0.25, 0.3) is 16.6 Å². The number of hydrogen-bond acceptors (Lipinski definition) is 6. The van der Waals surface area contributed by atoms with E-state index in [9.17, 15) is 14.7 Å². The average Bonchev–Trinajstić information content (AvgIpc) is 3.39. The minimum Gasteiger partial charge on any atom is -0.480 e. The number of aliphatic carboxylic acids is 1. The molecule has 0 aliphatic rings. The first-order chi connectivity index (χ1) is 14.6. The van der Waals surface area contributed by atoms with E-state index in [1.165, 1.54) is 4.68 Å². The quantitative estimate of drug-likeness (QED) is 0.371. The minimum atomic E-state index is -1.09. The summed E-state index contributed by atoms with van der Waals surface area (Å²) < 4.78 is 1.53. The number of hydrogen-bond donors (Lipinski definition) is 3. The summed E-state index contributed by atoms with van der Waals surface area (Å²) in [5.74, 6) is -1.51. The molecule has 0 fully saturated rings. The van der Waals surface area contributed by atoms with Gasteiger partial charge >= 0.3 is 5.97 Å². The van der Waals surface area contributed by atoms with Crippen LogP contribution in [-0.2, 0) is 16.0 Å². The van der Waals surface area contributed by atoms with Crippen molar-refractivity contribution >= 4 is 34.5 Å². The van der Waals surface area contributed by atoms with E-state index in [0.717, 1.165) is 33.9 Å². The van der Waals surface area contributed by atoms with Crippen LogP contribution in [0, 0.1) is 0 Å². The summed E-state index contributed by atoms with van der Waals surface area (Å²) in [6.07, 6.45) is 1.95. The van der Waals surface area contributed by atoms with E-state index < -0.39 is 17.9 Å². The third kappa shape index (κ3) is 4.33. The third-order valence-electron chi connectivity index (χ3n) is 4.51. The molecule has 10 heteroatoms. The Morgan fingerprint density at radius 1 is 1.13 bits per heavy atom. The van der Waals surface area contributed by atoms with Crippen molar-refractivity contribution in [3.8, 4) is 5.69 Å². The van der Waals surface area contributed by atoms with E-state index in [0.29, 0.717) is 5.16 Å². The first-order valence-electron chi connectivity index (χ1n) is 9.15. The molecule has 2 aromatic heterocycles. The second-order valence-corrected chi connectivity index (χ2v) is 7.46. The Balaban J connectivity index is 1.40. The fraction of sp³-hybridized carbons (Fsp3) is 0.150. The zero-order valence-corrected chi connectivity index (χ0v) is 16.5. The molecule has 0 saturated heterocycles. The molecule has 2 heterocycles. The molecule has 0 aliphatic heterocycles. The average molecular weight is 422 g/mol. The first-order valence-corrected chi connectivity index (χ1v) is 10.1. The van der Waals surface area contributed by atoms with Gasteiger partial charge in [-0.15, -0.1) is 5.10 Å². The first kappa shape index (κ1) is 19.6. The van der Waals surface area contributed by atoms with Gasteiger partial charge in [0.2, 0.25) is 11.1 Å². The van der Waals surface area contributed by atoms with Crippen LogP contribution in [0.2, 0.25) is 0 Å². The molecule has 30 heavy (non-hydrogen) atoms. The lowest BCUT2D eigenvalue weighted by molar-refractivity contribution is -0.141. The molecule has 152 valence electrons. The number of carboxylic acids is 1. The van der Waals surface area contributed by atoms with Crippen molar-refractivity contribution in [2.45, 2.75) is 17.6 Å². The van der Waals surface area contributed by atoms with Gasteiger partial charge in [-0.2, -0.15) is 4.68 Å². The van der Waals surface area contributed by atoms with Crippen molar-refractivity contribution in [2.24, 2.45) is 0 Å². The highest BCUT2D eigenvalue weighted by Crippen LogP contribution is 2.20. The predicted octanol–water partition coefficient (Wildman–Crippen LogP) is 2.05. The normalized spacial score (nSPS) is 12.0. The summed E-state index contributed by atoms with van der Waals surface area (Å²) in [5, 5.41) is 25.1. The van der Waals surface area contributed by atoms with Gasteiger partial charge in [-0.25, -0.2) is 4.79 Å². The lowest BCUT2D eigenvalue weighted by atomic mass is 10.1. The molecule has 0 unspecified atom stereocenters. The van der Waals surface area contributed by atoms with Gasteiger partial charge < -0.3 is 15.4 Å². The monoisotopic (exact) mass is 422 g/mol. The van der Waals surface area contributed by atoms with Gasteiger partial charge in [0.25, 0.3) is 0 Å². The summed E-state index contributed by atoms with van der Waals surface area (Å²) in [5.41, 5.74) is 2.53. The number of carbonyl (C=O) groups excluding carboxylic acids is 1. The van der Waals surface area contributed by atoms with Gasteiger partial charge in [0.05, 0.1) is 11.4 Å². The summed E-state index contributed by atoms with van der Waals surface area (Å²) in [7, 11) is 0. The number of H-pyrrole nitrogens is 1. The highest BCUT2D eigenvalue weighted by atomic mass is 32.2. The maximum absolute atomic E-state index is 12.4.